The van der Waals surface area contributed by atoms with Gasteiger partial charge in [0.25, 0.3) is 10.1 Å². The lowest BCUT2D eigenvalue weighted by Crippen LogP contribution is -2.65. The molecule has 0 aromatic carbocycles. The van der Waals surface area contributed by atoms with Crippen LogP contribution in [0.4, 0.5) is 0 Å². The van der Waals surface area contributed by atoms with Crippen LogP contribution in [0, 0.1) is 0 Å². The maximum Gasteiger partial charge on any atom is 0.273 e. The molecule has 70 heavy (non-hydrogen) atoms. The molecule has 9 nitrogen and oxygen atoms in total. The van der Waals surface area contributed by atoms with Crippen molar-refractivity contribution in [2.75, 3.05) is 39.3 Å². The number of quaternary nitrogens is 2. The summed E-state index contributed by atoms with van der Waals surface area (Å²) in [5.41, 5.74) is 1.08. The molecule has 0 aliphatic carbocycles. The second kappa shape index (κ2) is 46.3. The smallest absolute Gasteiger partial charge is 0.273 e. The first-order valence-electron chi connectivity index (χ1n) is 30.6. The van der Waals surface area contributed by atoms with Crippen LogP contribution in [0.25, 0.3) is 0 Å². The molecule has 0 radical (unpaired) electrons. The van der Waals surface area contributed by atoms with E-state index in [0.717, 1.165) is 0 Å². The Labute approximate surface area is 438 Å². The fourth-order valence-electron chi connectivity index (χ4n) is 12.6. The molecule has 0 rings (SSSR count). The summed E-state index contributed by atoms with van der Waals surface area (Å²) in [5, 5.41) is 17.3. The number of nitrogens with zero attached hydrogens (tertiary/aromatic N) is 2. The second-order valence-electron chi connectivity index (χ2n) is 21.8. The zero-order valence-corrected chi connectivity index (χ0v) is 50.0. The molecule has 1 atom stereocenters. The Morgan fingerprint density at radius 1 is 0.386 bits per heavy atom. The topological polar surface area (TPSA) is 135 Å². The molecule has 0 amide bonds. The molecule has 0 aromatic rings. The van der Waals surface area contributed by atoms with Crippen LogP contribution in [0.1, 0.15) is 321 Å². The first kappa shape index (κ1) is 73.0. The minimum Gasteiger partial charge on any atom is -0.550 e. The van der Waals surface area contributed by atoms with E-state index in [-0.39, 0.29) is 0 Å². The normalized spacial score (nSPS) is 12.8. The Bertz CT molecular complexity index is 1160. The summed E-state index contributed by atoms with van der Waals surface area (Å²) < 4.78 is 31.3. The molecule has 0 saturated carbocycles. The van der Waals surface area contributed by atoms with Gasteiger partial charge in [-0.1, -0.05) is 212 Å². The summed E-state index contributed by atoms with van der Waals surface area (Å²) in [4.78, 5) is 19.7. The Hall–Kier alpha value is -1.23. The summed E-state index contributed by atoms with van der Waals surface area (Å²) >= 11 is 0. The SMILES string of the molecule is CCCCCCCCC(CC)(CCCCCCCC)[N+](CCC)(CCC)CCC.CCCCCCCCC(CC)(CCCCCCCC)[N+](CCC)(CCC)CCC.O=C([O-])CC(C(=O)[O-])S(=O)(=O)O. The second-order valence-corrected chi connectivity index (χ2v) is 23.4. The molecule has 1 unspecified atom stereocenters. The van der Waals surface area contributed by atoms with E-state index in [1.165, 1.54) is 279 Å². The van der Waals surface area contributed by atoms with Crippen LogP contribution >= 0.6 is 0 Å². The Kier molecular flexibility index (Phi) is 48.3. The Morgan fingerprint density at radius 2 is 0.600 bits per heavy atom. The molecule has 422 valence electrons. The molecule has 10 heteroatoms. The number of carboxylic acid groups (broad SMARTS) is 2. The van der Waals surface area contributed by atoms with E-state index in [4.69, 9.17) is 4.55 Å². The summed E-state index contributed by atoms with van der Waals surface area (Å²) in [6.45, 7) is 37.3. The van der Waals surface area contributed by atoms with Crippen molar-refractivity contribution in [2.45, 2.75) is 337 Å². The van der Waals surface area contributed by atoms with Gasteiger partial charge in [-0.25, -0.2) is 0 Å². The third kappa shape index (κ3) is 30.8. The van der Waals surface area contributed by atoms with Gasteiger partial charge in [0.2, 0.25) is 0 Å². The summed E-state index contributed by atoms with van der Waals surface area (Å²) in [6, 6.07) is 0. The average Bonchev–Trinajstić information content (AvgIpc) is 3.31. The van der Waals surface area contributed by atoms with Gasteiger partial charge in [-0.15, -0.1) is 0 Å². The van der Waals surface area contributed by atoms with Crippen molar-refractivity contribution in [3.63, 3.8) is 0 Å². The van der Waals surface area contributed by atoms with Crippen molar-refractivity contribution in [3.05, 3.63) is 0 Å². The summed E-state index contributed by atoms with van der Waals surface area (Å²) in [7, 11) is -4.94. The fourth-order valence-corrected chi connectivity index (χ4v) is 13.2. The van der Waals surface area contributed by atoms with Crippen LogP contribution in [0.3, 0.4) is 0 Å². The first-order chi connectivity index (χ1) is 33.5. The molecule has 0 fully saturated rings. The highest BCUT2D eigenvalue weighted by Gasteiger charge is 2.48. The van der Waals surface area contributed by atoms with E-state index in [1.54, 1.807) is 0 Å². The Morgan fingerprint density at radius 3 is 0.743 bits per heavy atom. The van der Waals surface area contributed by atoms with Crippen LogP contribution in [0.15, 0.2) is 0 Å². The zero-order chi connectivity index (χ0) is 53.6. The van der Waals surface area contributed by atoms with E-state index in [0.29, 0.717) is 11.1 Å². The van der Waals surface area contributed by atoms with Crippen molar-refractivity contribution >= 4 is 22.1 Å². The lowest BCUT2D eigenvalue weighted by atomic mass is 9.79. The minimum absolute atomic E-state index is 0.539. The number of aliphatic carboxylic acids is 2. The van der Waals surface area contributed by atoms with Crippen molar-refractivity contribution in [3.8, 4) is 0 Å². The molecular weight excluding hydrogens is 893 g/mol. The molecular formula is C60H124N2O7S. The maximum absolute atomic E-state index is 10.2. The van der Waals surface area contributed by atoms with Gasteiger partial charge in [-0.2, -0.15) is 8.42 Å². The van der Waals surface area contributed by atoms with Gasteiger partial charge in [0.1, 0.15) is 5.25 Å². The monoisotopic (exact) mass is 1020 g/mol. The number of hydrogen-bond donors (Lipinski definition) is 1. The maximum atomic E-state index is 10.2. The van der Waals surface area contributed by atoms with Gasteiger partial charge in [-0.05, 0) is 77.0 Å². The average molecular weight is 1020 g/mol. The van der Waals surface area contributed by atoms with Gasteiger partial charge in [0, 0.05) is 38.1 Å². The van der Waals surface area contributed by atoms with E-state index >= 15 is 0 Å². The number of hydrogen-bond acceptors (Lipinski definition) is 6. The van der Waals surface area contributed by atoms with Crippen molar-refractivity contribution < 1.29 is 41.7 Å². The molecule has 0 heterocycles. The lowest BCUT2D eigenvalue weighted by molar-refractivity contribution is -0.978. The molecule has 0 aliphatic heterocycles. The molecule has 0 bridgehead atoms. The highest BCUT2D eigenvalue weighted by Crippen LogP contribution is 2.42. The van der Waals surface area contributed by atoms with Crippen LogP contribution in [0.5, 0.6) is 0 Å². The third-order valence-corrected chi connectivity index (χ3v) is 17.3. The Balaban J connectivity index is -0.00000104. The standard InChI is InChI=1S/2C28H60N.C4H6O7S/c2*1-7-13-15-17-19-21-23-28(12-6,24-22-20-18-16-14-8-2)29(25-9-3,26-10-4)27-11-5;5-3(6)1-2(4(7)8)12(9,10)11/h2*7-27H2,1-6H3;2H,1H2,(H,5,6)(H,7,8)(H,9,10,11)/q2*+1;/p-2. The first-order valence-corrected chi connectivity index (χ1v) is 32.1. The van der Waals surface area contributed by atoms with E-state index in [2.05, 4.69) is 83.1 Å². The van der Waals surface area contributed by atoms with Crippen molar-refractivity contribution in [2.24, 2.45) is 0 Å². The van der Waals surface area contributed by atoms with E-state index in [1.807, 2.05) is 0 Å². The van der Waals surface area contributed by atoms with Gasteiger partial charge >= 0.3 is 0 Å². The number of carbonyl (C=O) groups is 2. The number of carbonyl (C=O) groups excluding carboxylic acids is 2. The summed E-state index contributed by atoms with van der Waals surface area (Å²) in [6.07, 6.45) is 49.9. The van der Waals surface area contributed by atoms with Gasteiger partial charge in [-0.3, -0.25) is 4.55 Å². The molecule has 1 N–H and O–H groups in total. The highest BCUT2D eigenvalue weighted by atomic mass is 32.2. The molecule has 0 saturated heterocycles. The predicted molar refractivity (Wildman–Crippen MR) is 299 cm³/mol. The molecule has 0 aromatic heterocycles. The summed E-state index contributed by atoms with van der Waals surface area (Å²) in [5.74, 6) is -4.08. The number of unbranched alkanes of at least 4 members (excludes halogenated alkanes) is 20. The predicted octanol–water partition coefficient (Wildman–Crippen LogP) is 15.5. The largest absolute Gasteiger partial charge is 0.550 e. The number of rotatable bonds is 48. The molecule has 0 spiro atoms. The van der Waals surface area contributed by atoms with E-state index < -0.39 is 33.7 Å². The number of carboxylic acids is 2. The van der Waals surface area contributed by atoms with E-state index in [9.17, 15) is 28.2 Å². The van der Waals surface area contributed by atoms with Gasteiger partial charge < -0.3 is 28.8 Å². The van der Waals surface area contributed by atoms with Crippen LogP contribution in [-0.4, -0.2) is 89.5 Å². The highest BCUT2D eigenvalue weighted by molar-refractivity contribution is 7.87. The lowest BCUT2D eigenvalue weighted by Gasteiger charge is -2.54. The third-order valence-electron chi connectivity index (χ3n) is 16.2. The fraction of sp³-hybridized carbons (Fsp3) is 0.967. The van der Waals surface area contributed by atoms with Gasteiger partial charge in [0.05, 0.1) is 56.3 Å². The van der Waals surface area contributed by atoms with Gasteiger partial charge in [0.15, 0.2) is 0 Å². The zero-order valence-electron chi connectivity index (χ0n) is 49.2. The van der Waals surface area contributed by atoms with Crippen molar-refractivity contribution in [1.82, 2.24) is 0 Å². The quantitative estimate of drug-likeness (QED) is 0.0364. The van der Waals surface area contributed by atoms with Crippen LogP contribution in [0.2, 0.25) is 0 Å². The van der Waals surface area contributed by atoms with Crippen molar-refractivity contribution in [1.29, 1.82) is 0 Å². The van der Waals surface area contributed by atoms with Crippen LogP contribution in [-0.2, 0) is 19.7 Å². The minimum atomic E-state index is -4.94. The molecule has 0 aliphatic rings. The van der Waals surface area contributed by atoms with Crippen LogP contribution < -0.4 is 10.2 Å².